The Bertz CT molecular complexity index is 1180. The molecule has 2 amide bonds. The first-order chi connectivity index (χ1) is 16.7. The van der Waals surface area contributed by atoms with Gasteiger partial charge in [0, 0.05) is 50.7 Å². The number of nitrogens with zero attached hydrogens (tertiary/aromatic N) is 3. The van der Waals surface area contributed by atoms with Crippen LogP contribution in [0.4, 0.5) is 0 Å². The van der Waals surface area contributed by atoms with E-state index < -0.39 is 10.0 Å². The fourth-order valence-electron chi connectivity index (χ4n) is 4.82. The summed E-state index contributed by atoms with van der Waals surface area (Å²) in [5, 5.41) is 0. The van der Waals surface area contributed by atoms with Gasteiger partial charge in [-0.05, 0) is 74.1 Å². The molecule has 8 heteroatoms. The number of rotatable bonds is 5. The SMILES string of the molecule is CCc1ccc(C(=O)N2CCN(C(=O)C3CCN(S(=O)(=O)c4ccc(C)c(C)c4)CC3)CC2)cc1. The molecule has 2 heterocycles. The highest BCUT2D eigenvalue weighted by molar-refractivity contribution is 7.89. The number of piperazine rings is 1. The fraction of sp³-hybridized carbons (Fsp3) is 0.481. The molecule has 0 unspecified atom stereocenters. The Kier molecular flexibility index (Phi) is 7.62. The van der Waals surface area contributed by atoms with Crippen molar-refractivity contribution in [3.8, 4) is 0 Å². The minimum Gasteiger partial charge on any atom is -0.339 e. The third kappa shape index (κ3) is 5.43. The van der Waals surface area contributed by atoms with Crippen LogP contribution >= 0.6 is 0 Å². The molecule has 4 rings (SSSR count). The molecule has 0 atom stereocenters. The Balaban J connectivity index is 1.29. The molecule has 2 aromatic carbocycles. The maximum absolute atomic E-state index is 13.1. The Morgan fingerprint density at radius 2 is 1.43 bits per heavy atom. The zero-order chi connectivity index (χ0) is 25.2. The predicted octanol–water partition coefficient (Wildman–Crippen LogP) is 3.25. The number of sulfonamides is 1. The van der Waals surface area contributed by atoms with Gasteiger partial charge < -0.3 is 9.80 Å². The Morgan fingerprint density at radius 1 is 0.829 bits per heavy atom. The summed E-state index contributed by atoms with van der Waals surface area (Å²) in [6.45, 7) is 8.70. The highest BCUT2D eigenvalue weighted by Gasteiger charge is 2.35. The largest absolute Gasteiger partial charge is 0.339 e. The van der Waals surface area contributed by atoms with Gasteiger partial charge >= 0.3 is 0 Å². The number of benzene rings is 2. The lowest BCUT2D eigenvalue weighted by Crippen LogP contribution is -2.53. The summed E-state index contributed by atoms with van der Waals surface area (Å²) in [7, 11) is -3.56. The molecule has 0 spiro atoms. The number of piperidine rings is 1. The standard InChI is InChI=1S/C27H35N3O4S/c1-4-22-6-8-23(9-7-22)26(31)28-15-17-29(18-16-28)27(32)24-11-13-30(14-12-24)35(33,34)25-10-5-20(2)21(3)19-25/h5-10,19,24H,4,11-18H2,1-3H3. The van der Waals surface area contributed by atoms with E-state index in [1.54, 1.807) is 12.1 Å². The summed E-state index contributed by atoms with van der Waals surface area (Å²) >= 11 is 0. The van der Waals surface area contributed by atoms with Crippen LogP contribution in [-0.2, 0) is 21.2 Å². The third-order valence-electron chi connectivity index (χ3n) is 7.41. The van der Waals surface area contributed by atoms with Crippen LogP contribution in [0.2, 0.25) is 0 Å². The second-order valence-electron chi connectivity index (χ2n) is 9.59. The summed E-state index contributed by atoms with van der Waals surface area (Å²) in [5.74, 6) is -0.0951. The maximum atomic E-state index is 13.1. The number of carbonyl (C=O) groups excluding carboxylic acids is 2. The predicted molar refractivity (Wildman–Crippen MR) is 136 cm³/mol. The Labute approximate surface area is 208 Å². The fourth-order valence-corrected chi connectivity index (χ4v) is 6.38. The first-order valence-electron chi connectivity index (χ1n) is 12.4. The average Bonchev–Trinajstić information content (AvgIpc) is 2.89. The molecule has 0 radical (unpaired) electrons. The summed E-state index contributed by atoms with van der Waals surface area (Å²) in [6, 6.07) is 12.9. The molecule has 0 aromatic heterocycles. The third-order valence-corrected chi connectivity index (χ3v) is 9.30. The van der Waals surface area contributed by atoms with Gasteiger partial charge in [-0.3, -0.25) is 9.59 Å². The maximum Gasteiger partial charge on any atom is 0.253 e. The summed E-state index contributed by atoms with van der Waals surface area (Å²) in [4.78, 5) is 29.9. The molecular weight excluding hydrogens is 462 g/mol. The molecule has 0 bridgehead atoms. The molecule has 2 aromatic rings. The van der Waals surface area contributed by atoms with Crippen LogP contribution in [0.25, 0.3) is 0 Å². The molecule has 188 valence electrons. The highest BCUT2D eigenvalue weighted by atomic mass is 32.2. The molecule has 2 fully saturated rings. The zero-order valence-electron chi connectivity index (χ0n) is 20.9. The van der Waals surface area contributed by atoms with Crippen LogP contribution in [0.3, 0.4) is 0 Å². The highest BCUT2D eigenvalue weighted by Crippen LogP contribution is 2.26. The van der Waals surface area contributed by atoms with Crippen molar-refractivity contribution in [2.75, 3.05) is 39.3 Å². The first kappa shape index (κ1) is 25.4. The van der Waals surface area contributed by atoms with Gasteiger partial charge in [-0.15, -0.1) is 0 Å². The number of hydrogen-bond acceptors (Lipinski definition) is 4. The molecule has 2 aliphatic rings. The van der Waals surface area contributed by atoms with Crippen molar-refractivity contribution >= 4 is 21.8 Å². The van der Waals surface area contributed by atoms with Gasteiger partial charge in [0.25, 0.3) is 5.91 Å². The molecule has 0 N–H and O–H groups in total. The van der Waals surface area contributed by atoms with Crippen molar-refractivity contribution in [3.63, 3.8) is 0 Å². The minimum atomic E-state index is -3.56. The van der Waals surface area contributed by atoms with E-state index in [4.69, 9.17) is 0 Å². The monoisotopic (exact) mass is 497 g/mol. The van der Waals surface area contributed by atoms with Crippen molar-refractivity contribution in [3.05, 3.63) is 64.7 Å². The number of amides is 2. The van der Waals surface area contributed by atoms with Crippen LogP contribution in [0.1, 0.15) is 46.8 Å². The van der Waals surface area contributed by atoms with E-state index in [2.05, 4.69) is 6.92 Å². The first-order valence-corrected chi connectivity index (χ1v) is 13.9. The van der Waals surface area contributed by atoms with E-state index in [1.807, 2.05) is 54.0 Å². The molecule has 2 saturated heterocycles. The van der Waals surface area contributed by atoms with E-state index in [1.165, 1.54) is 9.87 Å². The molecule has 0 aliphatic carbocycles. The molecular formula is C27H35N3O4S. The second-order valence-corrected chi connectivity index (χ2v) is 11.5. The van der Waals surface area contributed by atoms with E-state index in [9.17, 15) is 18.0 Å². The molecule has 35 heavy (non-hydrogen) atoms. The van der Waals surface area contributed by atoms with E-state index >= 15 is 0 Å². The lowest BCUT2D eigenvalue weighted by Gasteiger charge is -2.38. The molecule has 0 saturated carbocycles. The van der Waals surface area contributed by atoms with Gasteiger partial charge in [0.1, 0.15) is 0 Å². The van der Waals surface area contributed by atoms with Crippen LogP contribution in [-0.4, -0.2) is 73.6 Å². The van der Waals surface area contributed by atoms with E-state index in [-0.39, 0.29) is 17.7 Å². The van der Waals surface area contributed by atoms with Gasteiger partial charge in [0.15, 0.2) is 0 Å². The van der Waals surface area contributed by atoms with Crippen LogP contribution in [0.5, 0.6) is 0 Å². The van der Waals surface area contributed by atoms with Crippen molar-refractivity contribution in [1.82, 2.24) is 14.1 Å². The summed E-state index contributed by atoms with van der Waals surface area (Å²) in [5.41, 5.74) is 3.89. The Hall–Kier alpha value is -2.71. The van der Waals surface area contributed by atoms with Gasteiger partial charge in [0.05, 0.1) is 4.90 Å². The van der Waals surface area contributed by atoms with Gasteiger partial charge in [0.2, 0.25) is 15.9 Å². The quantitative estimate of drug-likeness (QED) is 0.635. The van der Waals surface area contributed by atoms with Crippen LogP contribution in [0.15, 0.2) is 47.4 Å². The van der Waals surface area contributed by atoms with Crippen LogP contribution < -0.4 is 0 Å². The second kappa shape index (κ2) is 10.5. The van der Waals surface area contributed by atoms with E-state index in [0.29, 0.717) is 62.6 Å². The average molecular weight is 498 g/mol. The van der Waals surface area contributed by atoms with Crippen LogP contribution in [0, 0.1) is 19.8 Å². The van der Waals surface area contributed by atoms with Crippen molar-refractivity contribution in [2.24, 2.45) is 5.92 Å². The zero-order valence-corrected chi connectivity index (χ0v) is 21.7. The number of aryl methyl sites for hydroxylation is 3. The Morgan fingerprint density at radius 3 is 2.00 bits per heavy atom. The van der Waals surface area contributed by atoms with Crippen molar-refractivity contribution in [2.45, 2.75) is 44.9 Å². The lowest BCUT2D eigenvalue weighted by atomic mass is 9.96. The van der Waals surface area contributed by atoms with Gasteiger partial charge in [-0.1, -0.05) is 25.1 Å². The van der Waals surface area contributed by atoms with Gasteiger partial charge in [-0.25, -0.2) is 8.42 Å². The minimum absolute atomic E-state index is 0.00427. The summed E-state index contributed by atoms with van der Waals surface area (Å²) < 4.78 is 27.7. The smallest absolute Gasteiger partial charge is 0.253 e. The normalized spacial score (nSPS) is 18.0. The summed E-state index contributed by atoms with van der Waals surface area (Å²) in [6.07, 6.45) is 1.98. The number of hydrogen-bond donors (Lipinski definition) is 0. The topological polar surface area (TPSA) is 78.0 Å². The van der Waals surface area contributed by atoms with E-state index in [0.717, 1.165) is 17.5 Å². The number of carbonyl (C=O) groups is 2. The van der Waals surface area contributed by atoms with Crippen molar-refractivity contribution < 1.29 is 18.0 Å². The lowest BCUT2D eigenvalue weighted by molar-refractivity contribution is -0.138. The molecule has 2 aliphatic heterocycles. The van der Waals surface area contributed by atoms with Gasteiger partial charge in [-0.2, -0.15) is 4.31 Å². The molecule has 7 nitrogen and oxygen atoms in total. The van der Waals surface area contributed by atoms with Crippen molar-refractivity contribution in [1.29, 1.82) is 0 Å².